The van der Waals surface area contributed by atoms with Gasteiger partial charge in [0.1, 0.15) is 18.1 Å². The van der Waals surface area contributed by atoms with E-state index in [2.05, 4.69) is 4.98 Å². The molecule has 1 heterocycles. The Bertz CT molecular complexity index is 841. The molecule has 0 unspecified atom stereocenters. The number of pyridine rings is 1. The predicted octanol–water partition coefficient (Wildman–Crippen LogP) is 4.03. The van der Waals surface area contributed by atoms with Crippen molar-refractivity contribution in [3.8, 4) is 11.5 Å². The highest BCUT2D eigenvalue weighted by molar-refractivity contribution is 5.98. The molecule has 116 valence electrons. The topological polar surface area (TPSA) is 48.4 Å². The standard InChI is InChI=1S/C19H17NO3/c1-13(21)15-5-8-17-18(11-15)20-10-9-19(17)23-12-14-3-6-16(22-2)7-4-14/h3-11H,12H2,1-2H3. The lowest BCUT2D eigenvalue weighted by Crippen LogP contribution is -1.98. The Morgan fingerprint density at radius 1 is 1.09 bits per heavy atom. The van der Waals surface area contributed by atoms with Crippen molar-refractivity contribution in [3.05, 3.63) is 65.9 Å². The minimum Gasteiger partial charge on any atom is -0.497 e. The normalized spacial score (nSPS) is 10.5. The van der Waals surface area contributed by atoms with Crippen molar-refractivity contribution in [2.24, 2.45) is 0 Å². The Hall–Kier alpha value is -2.88. The lowest BCUT2D eigenvalue weighted by molar-refractivity contribution is 0.101. The van der Waals surface area contributed by atoms with Crippen LogP contribution in [0, 0.1) is 0 Å². The zero-order chi connectivity index (χ0) is 16.2. The number of ether oxygens (including phenoxy) is 2. The molecule has 4 heteroatoms. The van der Waals surface area contributed by atoms with Crippen LogP contribution in [0.1, 0.15) is 22.8 Å². The van der Waals surface area contributed by atoms with Crippen LogP contribution < -0.4 is 9.47 Å². The highest BCUT2D eigenvalue weighted by atomic mass is 16.5. The lowest BCUT2D eigenvalue weighted by Gasteiger charge is -2.10. The fourth-order valence-corrected chi connectivity index (χ4v) is 2.35. The first kappa shape index (κ1) is 15.0. The number of benzene rings is 2. The van der Waals surface area contributed by atoms with Gasteiger partial charge in [-0.15, -0.1) is 0 Å². The third-order valence-corrected chi connectivity index (χ3v) is 3.66. The summed E-state index contributed by atoms with van der Waals surface area (Å²) in [5.41, 5.74) is 2.46. The Balaban J connectivity index is 1.83. The second kappa shape index (κ2) is 6.48. The summed E-state index contributed by atoms with van der Waals surface area (Å²) in [4.78, 5) is 15.8. The Kier molecular flexibility index (Phi) is 4.24. The van der Waals surface area contributed by atoms with Gasteiger partial charge in [0.2, 0.25) is 0 Å². The molecule has 1 aromatic heterocycles. The van der Waals surface area contributed by atoms with Crippen LogP contribution in [-0.4, -0.2) is 17.9 Å². The van der Waals surface area contributed by atoms with Gasteiger partial charge < -0.3 is 9.47 Å². The highest BCUT2D eigenvalue weighted by Crippen LogP contribution is 2.26. The Labute approximate surface area is 134 Å². The molecule has 0 fully saturated rings. The van der Waals surface area contributed by atoms with Crippen LogP contribution in [0.25, 0.3) is 10.9 Å². The number of carbonyl (C=O) groups is 1. The monoisotopic (exact) mass is 307 g/mol. The molecule has 3 rings (SSSR count). The Morgan fingerprint density at radius 3 is 2.57 bits per heavy atom. The van der Waals surface area contributed by atoms with E-state index >= 15 is 0 Å². The molecule has 0 radical (unpaired) electrons. The molecule has 0 aliphatic carbocycles. The molecular weight excluding hydrogens is 290 g/mol. The van der Waals surface area contributed by atoms with E-state index in [4.69, 9.17) is 9.47 Å². The maximum absolute atomic E-state index is 11.5. The van der Waals surface area contributed by atoms with Crippen LogP contribution in [0.2, 0.25) is 0 Å². The summed E-state index contributed by atoms with van der Waals surface area (Å²) in [7, 11) is 1.64. The first-order valence-electron chi connectivity index (χ1n) is 7.33. The van der Waals surface area contributed by atoms with Crippen molar-refractivity contribution in [1.82, 2.24) is 4.98 Å². The van der Waals surface area contributed by atoms with Crippen molar-refractivity contribution in [1.29, 1.82) is 0 Å². The average Bonchev–Trinajstić information content (AvgIpc) is 2.59. The van der Waals surface area contributed by atoms with Gasteiger partial charge in [0.05, 0.1) is 12.6 Å². The average molecular weight is 307 g/mol. The quantitative estimate of drug-likeness (QED) is 0.668. The van der Waals surface area contributed by atoms with E-state index in [1.165, 1.54) is 0 Å². The van der Waals surface area contributed by atoms with Gasteiger partial charge in [0, 0.05) is 17.1 Å². The molecule has 0 amide bonds. The summed E-state index contributed by atoms with van der Waals surface area (Å²) in [5.74, 6) is 1.60. The van der Waals surface area contributed by atoms with E-state index in [1.807, 2.05) is 36.4 Å². The fourth-order valence-electron chi connectivity index (χ4n) is 2.35. The molecule has 0 saturated carbocycles. The van der Waals surface area contributed by atoms with Crippen molar-refractivity contribution in [2.75, 3.05) is 7.11 Å². The number of rotatable bonds is 5. The fraction of sp³-hybridized carbons (Fsp3) is 0.158. The first-order chi connectivity index (χ1) is 11.2. The number of nitrogens with zero attached hydrogens (tertiary/aromatic N) is 1. The van der Waals surface area contributed by atoms with Crippen LogP contribution in [0.5, 0.6) is 11.5 Å². The largest absolute Gasteiger partial charge is 0.497 e. The number of ketones is 1. The molecule has 0 aliphatic heterocycles. The molecular formula is C19H17NO3. The molecule has 3 aromatic rings. The smallest absolute Gasteiger partial charge is 0.159 e. The van der Waals surface area contributed by atoms with Crippen LogP contribution in [0.15, 0.2) is 54.7 Å². The van der Waals surface area contributed by atoms with E-state index in [0.717, 1.165) is 28.0 Å². The third-order valence-electron chi connectivity index (χ3n) is 3.66. The number of hydrogen-bond donors (Lipinski definition) is 0. The highest BCUT2D eigenvalue weighted by Gasteiger charge is 2.07. The van der Waals surface area contributed by atoms with E-state index in [-0.39, 0.29) is 5.78 Å². The van der Waals surface area contributed by atoms with E-state index in [0.29, 0.717) is 12.2 Å². The van der Waals surface area contributed by atoms with Crippen LogP contribution in [0.3, 0.4) is 0 Å². The maximum Gasteiger partial charge on any atom is 0.159 e. The second-order valence-electron chi connectivity index (χ2n) is 5.23. The van der Waals surface area contributed by atoms with Gasteiger partial charge in [0.15, 0.2) is 5.78 Å². The van der Waals surface area contributed by atoms with Gasteiger partial charge in [-0.25, -0.2) is 0 Å². The van der Waals surface area contributed by atoms with E-state index < -0.39 is 0 Å². The molecule has 0 bridgehead atoms. The number of methoxy groups -OCH3 is 1. The number of carbonyl (C=O) groups excluding carboxylic acids is 1. The Morgan fingerprint density at radius 2 is 1.87 bits per heavy atom. The molecule has 0 aliphatic rings. The minimum atomic E-state index is 0.0262. The molecule has 0 spiro atoms. The van der Waals surface area contributed by atoms with Gasteiger partial charge in [-0.2, -0.15) is 0 Å². The summed E-state index contributed by atoms with van der Waals surface area (Å²) in [6.07, 6.45) is 1.69. The van der Waals surface area contributed by atoms with Crippen molar-refractivity contribution in [3.63, 3.8) is 0 Å². The number of Topliss-reactive ketones (excluding diaryl/α,β-unsaturated/α-hetero) is 1. The summed E-state index contributed by atoms with van der Waals surface area (Å²) in [6, 6.07) is 15.0. The van der Waals surface area contributed by atoms with E-state index in [9.17, 15) is 4.79 Å². The van der Waals surface area contributed by atoms with Gasteiger partial charge in [-0.05, 0) is 42.8 Å². The number of fused-ring (bicyclic) bond motifs is 1. The number of aromatic nitrogens is 1. The predicted molar refractivity (Wildman–Crippen MR) is 89.1 cm³/mol. The molecule has 0 N–H and O–H groups in total. The van der Waals surface area contributed by atoms with Crippen molar-refractivity contribution in [2.45, 2.75) is 13.5 Å². The van der Waals surface area contributed by atoms with E-state index in [1.54, 1.807) is 32.4 Å². The zero-order valence-corrected chi connectivity index (χ0v) is 13.1. The van der Waals surface area contributed by atoms with Gasteiger partial charge in [-0.1, -0.05) is 18.2 Å². The SMILES string of the molecule is COc1ccc(COc2ccnc3cc(C(C)=O)ccc23)cc1. The zero-order valence-electron chi connectivity index (χ0n) is 13.1. The van der Waals surface area contributed by atoms with Crippen LogP contribution in [-0.2, 0) is 6.61 Å². The molecule has 23 heavy (non-hydrogen) atoms. The number of hydrogen-bond acceptors (Lipinski definition) is 4. The van der Waals surface area contributed by atoms with Gasteiger partial charge >= 0.3 is 0 Å². The van der Waals surface area contributed by atoms with Crippen molar-refractivity contribution >= 4 is 16.7 Å². The summed E-state index contributed by atoms with van der Waals surface area (Å²) < 4.78 is 11.1. The van der Waals surface area contributed by atoms with Crippen LogP contribution >= 0.6 is 0 Å². The van der Waals surface area contributed by atoms with Gasteiger partial charge in [0.25, 0.3) is 0 Å². The molecule has 4 nitrogen and oxygen atoms in total. The molecule has 2 aromatic carbocycles. The summed E-state index contributed by atoms with van der Waals surface area (Å²) in [5, 5.41) is 0.894. The lowest BCUT2D eigenvalue weighted by atomic mass is 10.1. The van der Waals surface area contributed by atoms with Gasteiger partial charge in [-0.3, -0.25) is 9.78 Å². The first-order valence-corrected chi connectivity index (χ1v) is 7.33. The minimum absolute atomic E-state index is 0.0262. The summed E-state index contributed by atoms with van der Waals surface area (Å²) >= 11 is 0. The summed E-state index contributed by atoms with van der Waals surface area (Å²) in [6.45, 7) is 2.00. The maximum atomic E-state index is 11.5. The van der Waals surface area contributed by atoms with Crippen molar-refractivity contribution < 1.29 is 14.3 Å². The third kappa shape index (κ3) is 3.31. The molecule has 0 atom stereocenters. The van der Waals surface area contributed by atoms with Crippen LogP contribution in [0.4, 0.5) is 0 Å². The molecule has 0 saturated heterocycles. The second-order valence-corrected chi connectivity index (χ2v) is 5.23.